The van der Waals surface area contributed by atoms with Crippen LogP contribution in [0.25, 0.3) is 0 Å². The van der Waals surface area contributed by atoms with Gasteiger partial charge in [-0.3, -0.25) is 4.99 Å². The summed E-state index contributed by atoms with van der Waals surface area (Å²) in [5.41, 5.74) is 2.58. The molecule has 120 valence electrons. The highest BCUT2D eigenvalue weighted by Gasteiger charge is 2.30. The molecular weight excluding hydrogens is 286 g/mol. The van der Waals surface area contributed by atoms with Gasteiger partial charge in [0.05, 0.1) is 5.92 Å². The molecule has 23 heavy (non-hydrogen) atoms. The van der Waals surface area contributed by atoms with Crippen LogP contribution >= 0.6 is 0 Å². The number of dihydropyridines is 1. The van der Waals surface area contributed by atoms with Crippen molar-refractivity contribution in [1.82, 2.24) is 10.6 Å². The third-order valence-corrected chi connectivity index (χ3v) is 4.82. The lowest BCUT2D eigenvalue weighted by atomic mass is 9.81. The van der Waals surface area contributed by atoms with Crippen molar-refractivity contribution in [2.45, 2.75) is 18.9 Å². The summed E-state index contributed by atoms with van der Waals surface area (Å²) in [5, 5.41) is 6.68. The third kappa shape index (κ3) is 3.17. The van der Waals surface area contributed by atoms with E-state index in [1.165, 1.54) is 11.1 Å². The van der Waals surface area contributed by atoms with Crippen LogP contribution in [-0.2, 0) is 4.74 Å². The molecule has 2 unspecified atom stereocenters. The lowest BCUT2D eigenvalue weighted by Crippen LogP contribution is -2.34. The van der Waals surface area contributed by atoms with Crippen molar-refractivity contribution in [1.29, 1.82) is 0 Å². The molecule has 4 aliphatic rings. The highest BCUT2D eigenvalue weighted by Crippen LogP contribution is 2.35. The van der Waals surface area contributed by atoms with E-state index in [2.05, 4.69) is 46.0 Å². The molecule has 1 saturated heterocycles. The molecule has 4 rings (SSSR count). The third-order valence-electron chi connectivity index (χ3n) is 4.82. The van der Waals surface area contributed by atoms with Crippen LogP contribution in [0.1, 0.15) is 12.8 Å². The van der Waals surface area contributed by atoms with E-state index >= 15 is 0 Å². The van der Waals surface area contributed by atoms with E-state index in [-0.39, 0.29) is 5.92 Å². The molecule has 0 radical (unpaired) electrons. The van der Waals surface area contributed by atoms with Crippen LogP contribution < -0.4 is 10.6 Å². The summed E-state index contributed by atoms with van der Waals surface area (Å²) in [7, 11) is 0. The van der Waals surface area contributed by atoms with Crippen molar-refractivity contribution in [3.8, 4) is 0 Å². The summed E-state index contributed by atoms with van der Waals surface area (Å²) in [6, 6.07) is 0. The summed E-state index contributed by atoms with van der Waals surface area (Å²) in [6.45, 7) is 2.96. The number of allylic oxidation sites excluding steroid dienone is 6. The molecule has 3 heterocycles. The first-order chi connectivity index (χ1) is 11.4. The van der Waals surface area contributed by atoms with Crippen LogP contribution in [0.3, 0.4) is 0 Å². The molecule has 0 aromatic rings. The molecule has 0 spiro atoms. The Kier molecular flexibility index (Phi) is 4.16. The van der Waals surface area contributed by atoms with Gasteiger partial charge in [-0.15, -0.1) is 0 Å². The zero-order valence-corrected chi connectivity index (χ0v) is 13.2. The summed E-state index contributed by atoms with van der Waals surface area (Å²) in [6.07, 6.45) is 19.4. The normalized spacial score (nSPS) is 30.0. The van der Waals surface area contributed by atoms with Crippen LogP contribution in [-0.4, -0.2) is 32.0 Å². The number of nitrogens with one attached hydrogen (secondary N) is 2. The Hall–Kier alpha value is -2.07. The first kappa shape index (κ1) is 14.5. The number of rotatable bonds is 3. The van der Waals surface area contributed by atoms with E-state index in [4.69, 9.17) is 4.74 Å². The molecule has 4 nitrogen and oxygen atoms in total. The lowest BCUT2D eigenvalue weighted by Gasteiger charge is -2.33. The van der Waals surface area contributed by atoms with Gasteiger partial charge in [-0.05, 0) is 55.4 Å². The van der Waals surface area contributed by atoms with Gasteiger partial charge < -0.3 is 15.4 Å². The standard InChI is InChI=1S/C19H23N3O/c1-2-15(12-21-6-1)16-10-14-3-7-22-13-18(14)19(11-16)23-17-4-8-20-9-5-17/h1-3,6-7,10-11,13-14,17-18,20-21H,4-5,8-9,12H2. The maximum atomic E-state index is 6.41. The molecule has 0 aromatic heterocycles. The van der Waals surface area contributed by atoms with Crippen LogP contribution in [0.2, 0.25) is 0 Å². The van der Waals surface area contributed by atoms with Crippen molar-refractivity contribution in [3.05, 3.63) is 59.7 Å². The summed E-state index contributed by atoms with van der Waals surface area (Å²) < 4.78 is 6.41. The van der Waals surface area contributed by atoms with Gasteiger partial charge in [0.15, 0.2) is 0 Å². The second-order valence-electron chi connectivity index (χ2n) is 6.41. The Balaban J connectivity index is 1.60. The molecule has 4 heteroatoms. The molecule has 0 saturated carbocycles. The predicted octanol–water partition coefficient (Wildman–Crippen LogP) is 2.45. The molecule has 0 aromatic carbocycles. The maximum Gasteiger partial charge on any atom is 0.106 e. The summed E-state index contributed by atoms with van der Waals surface area (Å²) in [5.74, 6) is 1.66. The number of ether oxygens (including phenoxy) is 1. The first-order valence-corrected chi connectivity index (χ1v) is 8.50. The Morgan fingerprint density at radius 1 is 1.22 bits per heavy atom. The second kappa shape index (κ2) is 6.59. The van der Waals surface area contributed by atoms with E-state index < -0.39 is 0 Å². The minimum atomic E-state index is 0.242. The van der Waals surface area contributed by atoms with Gasteiger partial charge in [0, 0.05) is 24.9 Å². The van der Waals surface area contributed by atoms with Crippen LogP contribution in [0.5, 0.6) is 0 Å². The molecule has 0 bridgehead atoms. The number of fused-ring (bicyclic) bond motifs is 1. The minimum Gasteiger partial charge on any atom is -0.494 e. The number of hydrogen-bond donors (Lipinski definition) is 2. The van der Waals surface area contributed by atoms with Crippen molar-refractivity contribution >= 4 is 6.21 Å². The fraction of sp³-hybridized carbons (Fsp3) is 0.421. The van der Waals surface area contributed by atoms with E-state index in [1.807, 2.05) is 18.6 Å². The van der Waals surface area contributed by atoms with Gasteiger partial charge >= 0.3 is 0 Å². The quantitative estimate of drug-likeness (QED) is 0.842. The van der Waals surface area contributed by atoms with Gasteiger partial charge in [-0.25, -0.2) is 0 Å². The number of nitrogens with zero attached hydrogens (tertiary/aromatic N) is 1. The van der Waals surface area contributed by atoms with E-state index in [0.717, 1.165) is 38.2 Å². The van der Waals surface area contributed by atoms with Gasteiger partial charge in [0.25, 0.3) is 0 Å². The maximum absolute atomic E-state index is 6.41. The van der Waals surface area contributed by atoms with E-state index in [9.17, 15) is 0 Å². The van der Waals surface area contributed by atoms with Crippen LogP contribution in [0, 0.1) is 11.8 Å². The van der Waals surface area contributed by atoms with Crippen LogP contribution in [0.15, 0.2) is 64.7 Å². The SMILES string of the molecule is C1=CNCC(C2=CC3C=CN=CC3C(OC3CCNCC3)=C2)=C1. The highest BCUT2D eigenvalue weighted by atomic mass is 16.5. The Morgan fingerprint density at radius 2 is 2.13 bits per heavy atom. The van der Waals surface area contributed by atoms with Gasteiger partial charge in [-0.1, -0.05) is 18.2 Å². The smallest absolute Gasteiger partial charge is 0.106 e. The van der Waals surface area contributed by atoms with Gasteiger partial charge in [0.2, 0.25) is 0 Å². The van der Waals surface area contributed by atoms with Crippen molar-refractivity contribution in [3.63, 3.8) is 0 Å². The lowest BCUT2D eigenvalue weighted by molar-refractivity contribution is 0.0730. The van der Waals surface area contributed by atoms with Gasteiger partial charge in [0.1, 0.15) is 11.9 Å². The molecule has 1 fully saturated rings. The first-order valence-electron chi connectivity index (χ1n) is 8.50. The Labute approximate surface area is 137 Å². The predicted molar refractivity (Wildman–Crippen MR) is 93.0 cm³/mol. The minimum absolute atomic E-state index is 0.242. The molecule has 1 aliphatic carbocycles. The second-order valence-corrected chi connectivity index (χ2v) is 6.41. The monoisotopic (exact) mass is 309 g/mol. The fourth-order valence-electron chi connectivity index (χ4n) is 3.51. The zero-order valence-electron chi connectivity index (χ0n) is 13.2. The zero-order chi connectivity index (χ0) is 15.5. The average Bonchev–Trinajstić information content (AvgIpc) is 2.63. The van der Waals surface area contributed by atoms with Crippen molar-refractivity contribution in [2.24, 2.45) is 16.8 Å². The largest absolute Gasteiger partial charge is 0.494 e. The Morgan fingerprint density at radius 3 is 2.96 bits per heavy atom. The van der Waals surface area contributed by atoms with E-state index in [0.29, 0.717) is 12.0 Å². The number of piperidine rings is 1. The molecule has 3 aliphatic heterocycles. The number of hydrogen-bond acceptors (Lipinski definition) is 4. The van der Waals surface area contributed by atoms with E-state index in [1.54, 1.807) is 0 Å². The van der Waals surface area contributed by atoms with Gasteiger partial charge in [-0.2, -0.15) is 0 Å². The Bertz CT molecular complexity index is 633. The number of aliphatic imine (C=N–C) groups is 1. The van der Waals surface area contributed by atoms with Crippen molar-refractivity contribution < 1.29 is 4.74 Å². The molecule has 0 amide bonds. The van der Waals surface area contributed by atoms with Crippen LogP contribution in [0.4, 0.5) is 0 Å². The molecule has 2 atom stereocenters. The molecule has 2 N–H and O–H groups in total. The van der Waals surface area contributed by atoms with Crippen molar-refractivity contribution in [2.75, 3.05) is 19.6 Å². The average molecular weight is 309 g/mol. The topological polar surface area (TPSA) is 45.7 Å². The fourth-order valence-corrected chi connectivity index (χ4v) is 3.51. The molecular formula is C19H23N3O. The highest BCUT2D eigenvalue weighted by molar-refractivity contribution is 5.70. The summed E-state index contributed by atoms with van der Waals surface area (Å²) in [4.78, 5) is 4.34. The summed E-state index contributed by atoms with van der Waals surface area (Å²) >= 11 is 0.